The van der Waals surface area contributed by atoms with E-state index in [0.29, 0.717) is 0 Å². The highest BCUT2D eigenvalue weighted by Gasteiger charge is 2.08. The van der Waals surface area contributed by atoms with E-state index in [9.17, 15) is 0 Å². The van der Waals surface area contributed by atoms with Crippen molar-refractivity contribution in [1.29, 1.82) is 0 Å². The van der Waals surface area contributed by atoms with Crippen molar-refractivity contribution in [2.75, 3.05) is 0 Å². The molecule has 0 aliphatic heterocycles. The minimum atomic E-state index is 1.23. The topological polar surface area (TPSA) is 0 Å². The Kier molecular flexibility index (Phi) is 5.21. The van der Waals surface area contributed by atoms with Gasteiger partial charge in [0.05, 0.1) is 0 Å². The van der Waals surface area contributed by atoms with Crippen LogP contribution < -0.4 is 0 Å². The molecule has 0 radical (unpaired) electrons. The van der Waals surface area contributed by atoms with E-state index < -0.39 is 0 Å². The van der Waals surface area contributed by atoms with Gasteiger partial charge in [-0.2, -0.15) is 0 Å². The average Bonchev–Trinajstić information content (AvgIpc) is 2.85. The molecule has 0 fully saturated rings. The molecule has 0 bridgehead atoms. The molecule has 148 valence electrons. The lowest BCUT2D eigenvalue weighted by Crippen LogP contribution is -1.87. The van der Waals surface area contributed by atoms with Crippen LogP contribution in [0.2, 0.25) is 0 Å². The first-order chi connectivity index (χ1) is 15.3. The molecule has 31 heavy (non-hydrogen) atoms. The summed E-state index contributed by atoms with van der Waals surface area (Å²) in [5, 5.41) is 0. The fourth-order valence-corrected chi connectivity index (χ4v) is 4.09. The van der Waals surface area contributed by atoms with E-state index in [1.54, 1.807) is 0 Å². The third-order valence-corrected chi connectivity index (χ3v) is 5.69. The van der Waals surface area contributed by atoms with Gasteiger partial charge in [0.1, 0.15) is 0 Å². The van der Waals surface area contributed by atoms with Gasteiger partial charge in [0.25, 0.3) is 0 Å². The largest absolute Gasteiger partial charge is 0.0622 e. The number of benzene rings is 5. The van der Waals surface area contributed by atoms with Gasteiger partial charge in [0, 0.05) is 0 Å². The summed E-state index contributed by atoms with van der Waals surface area (Å²) in [6, 6.07) is 45.7. The predicted molar refractivity (Wildman–Crippen MR) is 133 cm³/mol. The normalized spacial score (nSPS) is 10.7. The third-order valence-electron chi connectivity index (χ3n) is 5.69. The summed E-state index contributed by atoms with van der Waals surface area (Å²) in [6.45, 7) is 2.14. The molecule has 5 aromatic carbocycles. The minimum Gasteiger partial charge on any atom is -0.0622 e. The summed E-state index contributed by atoms with van der Waals surface area (Å²) in [5.41, 5.74) is 11.2. The Morgan fingerprint density at radius 2 is 0.645 bits per heavy atom. The highest BCUT2D eigenvalue weighted by atomic mass is 14.1. The van der Waals surface area contributed by atoms with Crippen molar-refractivity contribution < 1.29 is 0 Å². The molecule has 0 heteroatoms. The maximum atomic E-state index is 2.30. The fraction of sp³-hybridized carbons (Fsp3) is 0.0323. The van der Waals surface area contributed by atoms with Crippen molar-refractivity contribution in [1.82, 2.24) is 0 Å². The van der Waals surface area contributed by atoms with Crippen LogP contribution in [0.1, 0.15) is 5.56 Å². The zero-order valence-electron chi connectivity index (χ0n) is 17.6. The molecule has 5 aromatic rings. The Labute approximate surface area is 184 Å². The maximum Gasteiger partial charge on any atom is -0.0171 e. The van der Waals surface area contributed by atoms with Gasteiger partial charge >= 0.3 is 0 Å². The lowest BCUT2D eigenvalue weighted by Gasteiger charge is -2.12. The lowest BCUT2D eigenvalue weighted by molar-refractivity contribution is 1.47. The second kappa shape index (κ2) is 8.45. The first-order valence-electron chi connectivity index (χ1n) is 10.7. The molecular weight excluding hydrogens is 372 g/mol. The highest BCUT2D eigenvalue weighted by Crippen LogP contribution is 2.34. The van der Waals surface area contributed by atoms with Crippen molar-refractivity contribution >= 4 is 0 Å². The van der Waals surface area contributed by atoms with E-state index in [1.807, 2.05) is 0 Å². The highest BCUT2D eigenvalue weighted by molar-refractivity contribution is 5.82. The second-order valence-electron chi connectivity index (χ2n) is 7.98. The van der Waals surface area contributed by atoms with Crippen LogP contribution in [0.4, 0.5) is 0 Å². The minimum absolute atomic E-state index is 1.23. The first kappa shape index (κ1) is 19.1. The van der Waals surface area contributed by atoms with Gasteiger partial charge in [0.15, 0.2) is 0 Å². The van der Waals surface area contributed by atoms with Gasteiger partial charge in [-0.15, -0.1) is 0 Å². The first-order valence-corrected chi connectivity index (χ1v) is 10.7. The molecule has 0 nitrogen and oxygen atoms in total. The zero-order valence-corrected chi connectivity index (χ0v) is 17.6. The summed E-state index contributed by atoms with van der Waals surface area (Å²) in [5.74, 6) is 0. The second-order valence-corrected chi connectivity index (χ2v) is 7.98. The molecule has 0 aliphatic carbocycles. The SMILES string of the molecule is Cc1cccc(-c2cccc(-c3cc(-c4ccccc4)cc(-c4ccccc4)c3)c2)c1. The molecule has 0 spiro atoms. The summed E-state index contributed by atoms with van der Waals surface area (Å²) in [7, 11) is 0. The van der Waals surface area contributed by atoms with Gasteiger partial charge in [0.2, 0.25) is 0 Å². The Morgan fingerprint density at radius 1 is 0.290 bits per heavy atom. The fourth-order valence-electron chi connectivity index (χ4n) is 4.09. The van der Waals surface area contributed by atoms with Gasteiger partial charge < -0.3 is 0 Å². The summed E-state index contributed by atoms with van der Waals surface area (Å²) in [4.78, 5) is 0. The number of aryl methyl sites for hydroxylation is 1. The molecule has 0 aliphatic rings. The van der Waals surface area contributed by atoms with E-state index in [-0.39, 0.29) is 0 Å². The van der Waals surface area contributed by atoms with Gasteiger partial charge in [-0.25, -0.2) is 0 Å². The van der Waals surface area contributed by atoms with E-state index in [1.165, 1.54) is 50.1 Å². The van der Waals surface area contributed by atoms with Crippen molar-refractivity contribution in [3.05, 3.63) is 133 Å². The van der Waals surface area contributed by atoms with Crippen LogP contribution in [0, 0.1) is 6.92 Å². The molecular formula is C31H24. The number of hydrogen-bond donors (Lipinski definition) is 0. The van der Waals surface area contributed by atoms with E-state index in [2.05, 4.69) is 134 Å². The molecule has 0 amide bonds. The van der Waals surface area contributed by atoms with Crippen LogP contribution in [0.3, 0.4) is 0 Å². The van der Waals surface area contributed by atoms with Crippen LogP contribution in [-0.2, 0) is 0 Å². The summed E-state index contributed by atoms with van der Waals surface area (Å²) < 4.78 is 0. The monoisotopic (exact) mass is 396 g/mol. The van der Waals surface area contributed by atoms with Crippen molar-refractivity contribution in [2.45, 2.75) is 6.92 Å². The molecule has 5 rings (SSSR count). The molecule has 0 unspecified atom stereocenters. The zero-order chi connectivity index (χ0) is 21.0. The van der Waals surface area contributed by atoms with Crippen LogP contribution in [0.5, 0.6) is 0 Å². The standard InChI is InChI=1S/C31H24/c1-23-10-8-15-26(18-23)27-16-9-17-28(19-27)31-21-29(24-11-4-2-5-12-24)20-30(22-31)25-13-6-3-7-14-25/h2-22H,1H3. The Bertz CT molecular complexity index is 1260. The van der Waals surface area contributed by atoms with Crippen LogP contribution >= 0.6 is 0 Å². The smallest absolute Gasteiger partial charge is 0.0171 e. The van der Waals surface area contributed by atoms with Crippen LogP contribution in [-0.4, -0.2) is 0 Å². The maximum absolute atomic E-state index is 2.30. The Balaban J connectivity index is 1.66. The van der Waals surface area contributed by atoms with E-state index >= 15 is 0 Å². The van der Waals surface area contributed by atoms with Crippen molar-refractivity contribution in [2.24, 2.45) is 0 Å². The number of hydrogen-bond acceptors (Lipinski definition) is 0. The molecule has 0 atom stereocenters. The third kappa shape index (κ3) is 4.20. The molecule has 0 N–H and O–H groups in total. The van der Waals surface area contributed by atoms with Crippen LogP contribution in [0.25, 0.3) is 44.5 Å². The van der Waals surface area contributed by atoms with Crippen molar-refractivity contribution in [3.8, 4) is 44.5 Å². The van der Waals surface area contributed by atoms with Gasteiger partial charge in [-0.3, -0.25) is 0 Å². The van der Waals surface area contributed by atoms with E-state index in [4.69, 9.17) is 0 Å². The average molecular weight is 397 g/mol. The molecule has 0 saturated heterocycles. The van der Waals surface area contributed by atoms with E-state index in [0.717, 1.165) is 0 Å². The molecule has 0 saturated carbocycles. The number of rotatable bonds is 4. The summed E-state index contributed by atoms with van der Waals surface area (Å²) in [6.07, 6.45) is 0. The predicted octanol–water partition coefficient (Wildman–Crippen LogP) is 8.66. The molecule has 0 heterocycles. The Morgan fingerprint density at radius 3 is 1.16 bits per heavy atom. The Hall–Kier alpha value is -3.90. The van der Waals surface area contributed by atoms with Gasteiger partial charge in [-0.05, 0) is 75.7 Å². The molecule has 0 aromatic heterocycles. The van der Waals surface area contributed by atoms with Crippen molar-refractivity contribution in [3.63, 3.8) is 0 Å². The summed E-state index contributed by atoms with van der Waals surface area (Å²) >= 11 is 0. The quantitative estimate of drug-likeness (QED) is 0.285. The lowest BCUT2D eigenvalue weighted by atomic mass is 9.92. The van der Waals surface area contributed by atoms with Gasteiger partial charge in [-0.1, -0.05) is 109 Å². The van der Waals surface area contributed by atoms with Crippen LogP contribution in [0.15, 0.2) is 127 Å².